The van der Waals surface area contributed by atoms with Crippen molar-refractivity contribution in [1.29, 1.82) is 0 Å². The highest BCUT2D eigenvalue weighted by Crippen LogP contribution is 2.38. The van der Waals surface area contributed by atoms with Crippen LogP contribution in [0.4, 0.5) is 5.69 Å². The topological polar surface area (TPSA) is 78.5 Å². The molecular weight excluding hydrogens is 354 g/mol. The summed E-state index contributed by atoms with van der Waals surface area (Å²) in [6.07, 6.45) is 0.942. The molecule has 1 fully saturated rings. The third kappa shape index (κ3) is 4.57. The molecule has 0 bridgehead atoms. The van der Waals surface area contributed by atoms with E-state index in [1.807, 2.05) is 12.1 Å². The van der Waals surface area contributed by atoms with E-state index >= 15 is 0 Å². The molecule has 1 aliphatic carbocycles. The molecule has 6 heteroatoms. The number of carbonyl (C=O) groups is 3. The first-order valence-corrected chi connectivity index (χ1v) is 9.36. The molecule has 0 aliphatic heterocycles. The summed E-state index contributed by atoms with van der Waals surface area (Å²) in [7, 11) is 3.32. The second kappa shape index (κ2) is 8.25. The van der Waals surface area contributed by atoms with Gasteiger partial charge in [-0.15, -0.1) is 0 Å². The van der Waals surface area contributed by atoms with Gasteiger partial charge in [0.2, 0.25) is 5.91 Å². The summed E-state index contributed by atoms with van der Waals surface area (Å²) in [4.78, 5) is 37.8. The number of benzene rings is 2. The Balaban J connectivity index is 1.58. The van der Waals surface area contributed by atoms with Crippen molar-refractivity contribution in [3.05, 3.63) is 65.2 Å². The average Bonchev–Trinajstić information content (AvgIpc) is 3.44. The van der Waals surface area contributed by atoms with E-state index in [0.29, 0.717) is 29.3 Å². The summed E-state index contributed by atoms with van der Waals surface area (Å²) >= 11 is 0. The van der Waals surface area contributed by atoms with Gasteiger partial charge in [-0.2, -0.15) is 0 Å². The van der Waals surface area contributed by atoms with Gasteiger partial charge in [0, 0.05) is 43.4 Å². The lowest BCUT2D eigenvalue weighted by molar-refractivity contribution is -0.117. The Morgan fingerprint density at radius 3 is 2.11 bits per heavy atom. The molecule has 3 amide bonds. The van der Waals surface area contributed by atoms with Crippen LogP contribution >= 0.6 is 0 Å². The SMILES string of the molecule is CNC(=O)c1ccc(CN(C)C(=O)c2ccc(NC(=O)C3CC3C)cc2)cc1. The second-order valence-corrected chi connectivity index (χ2v) is 7.32. The summed E-state index contributed by atoms with van der Waals surface area (Å²) in [5.41, 5.74) is 2.78. The van der Waals surface area contributed by atoms with Crippen LogP contribution in [0.25, 0.3) is 0 Å². The molecule has 0 aromatic heterocycles. The number of amides is 3. The van der Waals surface area contributed by atoms with Crippen molar-refractivity contribution in [3.63, 3.8) is 0 Å². The molecule has 0 spiro atoms. The minimum Gasteiger partial charge on any atom is -0.355 e. The largest absolute Gasteiger partial charge is 0.355 e. The fourth-order valence-electron chi connectivity index (χ4n) is 3.09. The van der Waals surface area contributed by atoms with Crippen LogP contribution in [0.15, 0.2) is 48.5 Å². The molecule has 2 aromatic carbocycles. The predicted molar refractivity (Wildman–Crippen MR) is 108 cm³/mol. The summed E-state index contributed by atoms with van der Waals surface area (Å²) in [5.74, 6) is 0.370. The Labute approximate surface area is 164 Å². The van der Waals surface area contributed by atoms with E-state index in [1.54, 1.807) is 55.4 Å². The Morgan fingerprint density at radius 1 is 1.00 bits per heavy atom. The maximum atomic E-state index is 12.6. The van der Waals surface area contributed by atoms with Crippen LogP contribution in [-0.4, -0.2) is 36.7 Å². The minimum atomic E-state index is -0.140. The maximum absolute atomic E-state index is 12.6. The molecule has 0 heterocycles. The zero-order valence-corrected chi connectivity index (χ0v) is 16.4. The second-order valence-electron chi connectivity index (χ2n) is 7.32. The molecule has 3 rings (SSSR count). The lowest BCUT2D eigenvalue weighted by Crippen LogP contribution is -2.26. The van der Waals surface area contributed by atoms with Gasteiger partial charge in [0.25, 0.3) is 11.8 Å². The van der Waals surface area contributed by atoms with Gasteiger partial charge in [0.1, 0.15) is 0 Å². The first-order chi connectivity index (χ1) is 13.4. The molecule has 0 saturated heterocycles. The summed E-state index contributed by atoms with van der Waals surface area (Å²) in [6, 6.07) is 14.1. The molecule has 1 aliphatic rings. The molecule has 1 saturated carbocycles. The van der Waals surface area contributed by atoms with Crippen molar-refractivity contribution in [2.45, 2.75) is 19.9 Å². The van der Waals surface area contributed by atoms with Gasteiger partial charge in [0.05, 0.1) is 0 Å². The van der Waals surface area contributed by atoms with Crippen LogP contribution in [0, 0.1) is 11.8 Å². The van der Waals surface area contributed by atoms with Crippen molar-refractivity contribution in [2.75, 3.05) is 19.4 Å². The number of hydrogen-bond donors (Lipinski definition) is 2. The van der Waals surface area contributed by atoms with Gasteiger partial charge in [-0.25, -0.2) is 0 Å². The summed E-state index contributed by atoms with van der Waals surface area (Å²) in [6.45, 7) is 2.50. The quantitative estimate of drug-likeness (QED) is 0.810. The van der Waals surface area contributed by atoms with Gasteiger partial charge in [-0.3, -0.25) is 14.4 Å². The lowest BCUT2D eigenvalue weighted by Gasteiger charge is -2.18. The zero-order chi connectivity index (χ0) is 20.3. The van der Waals surface area contributed by atoms with Gasteiger partial charge in [-0.1, -0.05) is 19.1 Å². The maximum Gasteiger partial charge on any atom is 0.253 e. The van der Waals surface area contributed by atoms with Crippen molar-refractivity contribution in [2.24, 2.45) is 11.8 Å². The van der Waals surface area contributed by atoms with E-state index in [2.05, 4.69) is 17.6 Å². The Morgan fingerprint density at radius 2 is 1.57 bits per heavy atom. The molecule has 2 unspecified atom stereocenters. The van der Waals surface area contributed by atoms with E-state index in [4.69, 9.17) is 0 Å². The highest BCUT2D eigenvalue weighted by atomic mass is 16.2. The van der Waals surface area contributed by atoms with E-state index in [9.17, 15) is 14.4 Å². The summed E-state index contributed by atoms with van der Waals surface area (Å²) in [5, 5.41) is 5.47. The summed E-state index contributed by atoms with van der Waals surface area (Å²) < 4.78 is 0. The van der Waals surface area contributed by atoms with E-state index in [0.717, 1.165) is 12.0 Å². The number of hydrogen-bond acceptors (Lipinski definition) is 3. The molecule has 28 heavy (non-hydrogen) atoms. The van der Waals surface area contributed by atoms with Crippen molar-refractivity contribution < 1.29 is 14.4 Å². The van der Waals surface area contributed by atoms with Crippen LogP contribution in [0.5, 0.6) is 0 Å². The van der Waals surface area contributed by atoms with E-state index < -0.39 is 0 Å². The third-order valence-corrected chi connectivity index (χ3v) is 5.06. The van der Waals surface area contributed by atoms with Crippen LogP contribution in [0.2, 0.25) is 0 Å². The molecule has 2 atom stereocenters. The van der Waals surface area contributed by atoms with Crippen LogP contribution in [0.1, 0.15) is 39.6 Å². The van der Waals surface area contributed by atoms with Crippen molar-refractivity contribution in [3.8, 4) is 0 Å². The normalized spacial score (nSPS) is 17.5. The van der Waals surface area contributed by atoms with Crippen molar-refractivity contribution in [1.82, 2.24) is 10.2 Å². The minimum absolute atomic E-state index is 0.0453. The number of carbonyl (C=O) groups excluding carboxylic acids is 3. The Kier molecular flexibility index (Phi) is 5.78. The Hall–Kier alpha value is -3.15. The van der Waals surface area contributed by atoms with E-state index in [1.165, 1.54) is 0 Å². The van der Waals surface area contributed by atoms with E-state index in [-0.39, 0.29) is 23.6 Å². The number of nitrogens with zero attached hydrogens (tertiary/aromatic N) is 1. The fourth-order valence-corrected chi connectivity index (χ4v) is 3.09. The van der Waals surface area contributed by atoms with Gasteiger partial charge in [0.15, 0.2) is 0 Å². The number of rotatable bonds is 6. The fraction of sp³-hybridized carbons (Fsp3) is 0.318. The third-order valence-electron chi connectivity index (χ3n) is 5.06. The molecule has 2 aromatic rings. The standard InChI is InChI=1S/C22H25N3O3/c1-14-12-19(14)21(27)24-18-10-8-17(9-11-18)22(28)25(3)13-15-4-6-16(7-5-15)20(26)23-2/h4-11,14,19H,12-13H2,1-3H3,(H,23,26)(H,24,27). The Bertz CT molecular complexity index is 875. The number of nitrogens with one attached hydrogen (secondary N) is 2. The molecule has 2 N–H and O–H groups in total. The first kappa shape index (κ1) is 19.6. The molecule has 0 radical (unpaired) electrons. The highest BCUT2D eigenvalue weighted by molar-refractivity contribution is 5.97. The molecule has 6 nitrogen and oxygen atoms in total. The van der Waals surface area contributed by atoms with Crippen LogP contribution in [-0.2, 0) is 11.3 Å². The predicted octanol–water partition coefficient (Wildman–Crippen LogP) is 2.91. The lowest BCUT2D eigenvalue weighted by atomic mass is 10.1. The van der Waals surface area contributed by atoms with Gasteiger partial charge in [-0.05, 0) is 54.3 Å². The van der Waals surface area contributed by atoms with Crippen LogP contribution in [0.3, 0.4) is 0 Å². The highest BCUT2D eigenvalue weighted by Gasteiger charge is 2.39. The van der Waals surface area contributed by atoms with Gasteiger partial charge >= 0.3 is 0 Å². The first-order valence-electron chi connectivity index (χ1n) is 9.36. The van der Waals surface area contributed by atoms with Crippen molar-refractivity contribution >= 4 is 23.4 Å². The smallest absolute Gasteiger partial charge is 0.253 e. The monoisotopic (exact) mass is 379 g/mol. The molecule has 146 valence electrons. The number of anilines is 1. The average molecular weight is 379 g/mol. The zero-order valence-electron chi connectivity index (χ0n) is 16.4. The van der Waals surface area contributed by atoms with Gasteiger partial charge < -0.3 is 15.5 Å². The van der Waals surface area contributed by atoms with Crippen LogP contribution < -0.4 is 10.6 Å². The molecular formula is C22H25N3O3.